The van der Waals surface area contributed by atoms with Crippen molar-refractivity contribution in [3.63, 3.8) is 0 Å². The fourth-order valence-electron chi connectivity index (χ4n) is 2.09. The summed E-state index contributed by atoms with van der Waals surface area (Å²) in [6.45, 7) is 3.23. The largest absolute Gasteiger partial charge is 0.481 e. The molecule has 0 aromatic rings. The lowest BCUT2D eigenvalue weighted by Gasteiger charge is -2.15. The maximum absolute atomic E-state index is 10.8. The maximum Gasteiger partial charge on any atom is 0.306 e. The van der Waals surface area contributed by atoms with Crippen molar-refractivity contribution in [1.82, 2.24) is 5.32 Å². The minimum atomic E-state index is -0.738. The van der Waals surface area contributed by atoms with Gasteiger partial charge in [-0.3, -0.25) is 9.59 Å². The van der Waals surface area contributed by atoms with E-state index < -0.39 is 5.97 Å². The van der Waals surface area contributed by atoms with Gasteiger partial charge in [-0.05, 0) is 25.2 Å². The van der Waals surface area contributed by atoms with E-state index in [9.17, 15) is 9.59 Å². The van der Waals surface area contributed by atoms with Crippen LogP contribution in [0.25, 0.3) is 0 Å². The molecule has 80 valence electrons. The highest BCUT2D eigenvalue weighted by atomic mass is 16.4. The van der Waals surface area contributed by atoms with Gasteiger partial charge >= 0.3 is 5.97 Å². The summed E-state index contributed by atoms with van der Waals surface area (Å²) in [5, 5.41) is 11.7. The van der Waals surface area contributed by atoms with E-state index in [-0.39, 0.29) is 23.8 Å². The van der Waals surface area contributed by atoms with E-state index in [1.807, 2.05) is 0 Å². The molecular formula is C10H17NO3. The van der Waals surface area contributed by atoms with Crippen molar-refractivity contribution in [2.45, 2.75) is 39.2 Å². The molecule has 0 heterocycles. The first-order valence-corrected chi connectivity index (χ1v) is 5.00. The average Bonchev–Trinajstić information content (AvgIpc) is 2.50. The molecule has 2 N–H and O–H groups in total. The Morgan fingerprint density at radius 1 is 1.43 bits per heavy atom. The Morgan fingerprint density at radius 2 is 2.07 bits per heavy atom. The van der Waals surface area contributed by atoms with Gasteiger partial charge in [-0.25, -0.2) is 0 Å². The van der Waals surface area contributed by atoms with Crippen molar-refractivity contribution in [2.75, 3.05) is 0 Å². The highest BCUT2D eigenvalue weighted by Crippen LogP contribution is 2.31. The van der Waals surface area contributed by atoms with Crippen molar-refractivity contribution in [1.29, 1.82) is 0 Å². The van der Waals surface area contributed by atoms with Crippen LogP contribution in [0.4, 0.5) is 0 Å². The molecule has 0 aliphatic heterocycles. The first kappa shape index (κ1) is 11.0. The zero-order valence-electron chi connectivity index (χ0n) is 8.62. The van der Waals surface area contributed by atoms with Crippen molar-refractivity contribution in [3.05, 3.63) is 0 Å². The summed E-state index contributed by atoms with van der Waals surface area (Å²) in [6.07, 6.45) is 2.60. The summed E-state index contributed by atoms with van der Waals surface area (Å²) in [6, 6.07) is 0.180. The Balaban J connectivity index is 2.41. The van der Waals surface area contributed by atoms with Gasteiger partial charge in [0.2, 0.25) is 5.91 Å². The molecule has 14 heavy (non-hydrogen) atoms. The minimum Gasteiger partial charge on any atom is -0.481 e. The Kier molecular flexibility index (Phi) is 3.49. The molecule has 1 aliphatic carbocycles. The molecule has 3 unspecified atom stereocenters. The van der Waals surface area contributed by atoms with Crippen LogP contribution in [0.3, 0.4) is 0 Å². The van der Waals surface area contributed by atoms with E-state index >= 15 is 0 Å². The summed E-state index contributed by atoms with van der Waals surface area (Å²) in [7, 11) is 0. The molecule has 0 aromatic heterocycles. The number of hydrogen-bond acceptors (Lipinski definition) is 2. The predicted octanol–water partition coefficient (Wildman–Crippen LogP) is 1.01. The lowest BCUT2D eigenvalue weighted by atomic mass is 9.92. The molecule has 1 amide bonds. The van der Waals surface area contributed by atoms with Gasteiger partial charge in [-0.15, -0.1) is 0 Å². The fraction of sp³-hybridized carbons (Fsp3) is 0.800. The van der Waals surface area contributed by atoms with E-state index in [2.05, 4.69) is 5.32 Å². The molecule has 0 saturated heterocycles. The molecule has 0 radical (unpaired) electrons. The summed E-state index contributed by atoms with van der Waals surface area (Å²) < 4.78 is 0. The number of rotatable bonds is 3. The van der Waals surface area contributed by atoms with Gasteiger partial charge in [0.15, 0.2) is 0 Å². The van der Waals surface area contributed by atoms with Crippen molar-refractivity contribution < 1.29 is 14.7 Å². The highest BCUT2D eigenvalue weighted by Gasteiger charge is 2.32. The van der Waals surface area contributed by atoms with Gasteiger partial charge < -0.3 is 10.4 Å². The Bertz CT molecular complexity index is 240. The van der Waals surface area contributed by atoms with E-state index in [1.54, 1.807) is 6.92 Å². The van der Waals surface area contributed by atoms with Crippen molar-refractivity contribution in [2.24, 2.45) is 11.8 Å². The van der Waals surface area contributed by atoms with Crippen LogP contribution < -0.4 is 5.32 Å². The second-order valence-electron chi connectivity index (χ2n) is 4.10. The van der Waals surface area contributed by atoms with Crippen LogP contribution in [-0.2, 0) is 9.59 Å². The Hall–Kier alpha value is -1.06. The molecule has 0 spiro atoms. The molecule has 0 aromatic carbocycles. The van der Waals surface area contributed by atoms with Crippen LogP contribution in [0.1, 0.15) is 33.1 Å². The van der Waals surface area contributed by atoms with Crippen molar-refractivity contribution >= 4 is 11.9 Å². The van der Waals surface area contributed by atoms with Crippen LogP contribution in [0.15, 0.2) is 0 Å². The maximum atomic E-state index is 10.8. The normalized spacial score (nSPS) is 28.4. The first-order chi connectivity index (χ1) is 6.50. The third kappa shape index (κ3) is 2.72. The lowest BCUT2D eigenvalue weighted by molar-refractivity contribution is -0.142. The summed E-state index contributed by atoms with van der Waals surface area (Å²) in [4.78, 5) is 21.5. The zero-order valence-corrected chi connectivity index (χ0v) is 8.62. The van der Waals surface area contributed by atoms with Crippen LogP contribution in [0.2, 0.25) is 0 Å². The monoisotopic (exact) mass is 199 g/mol. The van der Waals surface area contributed by atoms with Crippen LogP contribution >= 0.6 is 0 Å². The van der Waals surface area contributed by atoms with Crippen LogP contribution in [-0.4, -0.2) is 23.0 Å². The molecule has 4 nitrogen and oxygen atoms in total. The highest BCUT2D eigenvalue weighted by molar-refractivity contribution is 5.73. The van der Waals surface area contributed by atoms with Gasteiger partial charge in [-0.1, -0.05) is 6.92 Å². The minimum absolute atomic E-state index is 0.0290. The topological polar surface area (TPSA) is 66.4 Å². The van der Waals surface area contributed by atoms with E-state index in [0.717, 1.165) is 19.3 Å². The quantitative estimate of drug-likeness (QED) is 0.713. The number of carbonyl (C=O) groups is 2. The summed E-state index contributed by atoms with van der Waals surface area (Å²) in [5.41, 5.74) is 0. The number of carboxylic acids is 1. The number of nitrogens with one attached hydrogen (secondary N) is 1. The lowest BCUT2D eigenvalue weighted by Crippen LogP contribution is -2.31. The molecule has 1 saturated carbocycles. The fourth-order valence-corrected chi connectivity index (χ4v) is 2.09. The second kappa shape index (κ2) is 4.44. The molecule has 4 heteroatoms. The molecule has 1 aliphatic rings. The SMILES string of the molecule is CC(=O)NC1CCC(C(C)C(=O)O)C1. The van der Waals surface area contributed by atoms with Gasteiger partial charge in [0.25, 0.3) is 0 Å². The number of carboxylic acid groups (broad SMARTS) is 1. The van der Waals surface area contributed by atoms with Crippen LogP contribution in [0, 0.1) is 11.8 Å². The van der Waals surface area contributed by atoms with Gasteiger partial charge in [0, 0.05) is 13.0 Å². The first-order valence-electron chi connectivity index (χ1n) is 5.00. The smallest absolute Gasteiger partial charge is 0.306 e. The Morgan fingerprint density at radius 3 is 2.57 bits per heavy atom. The zero-order chi connectivity index (χ0) is 10.7. The predicted molar refractivity (Wildman–Crippen MR) is 51.7 cm³/mol. The third-order valence-corrected chi connectivity index (χ3v) is 2.98. The number of aliphatic carboxylic acids is 1. The molecular weight excluding hydrogens is 182 g/mol. The molecule has 1 rings (SSSR count). The number of carbonyl (C=O) groups excluding carboxylic acids is 1. The second-order valence-corrected chi connectivity index (χ2v) is 4.10. The number of hydrogen-bond donors (Lipinski definition) is 2. The third-order valence-electron chi connectivity index (χ3n) is 2.98. The molecule has 1 fully saturated rings. The number of amides is 1. The van der Waals surface area contributed by atoms with E-state index in [0.29, 0.717) is 0 Å². The Labute approximate surface area is 83.7 Å². The van der Waals surface area contributed by atoms with E-state index in [4.69, 9.17) is 5.11 Å². The van der Waals surface area contributed by atoms with Gasteiger partial charge in [0.05, 0.1) is 5.92 Å². The van der Waals surface area contributed by atoms with Gasteiger partial charge in [-0.2, -0.15) is 0 Å². The summed E-state index contributed by atoms with van der Waals surface area (Å²) in [5.74, 6) is -0.852. The van der Waals surface area contributed by atoms with Crippen molar-refractivity contribution in [3.8, 4) is 0 Å². The van der Waals surface area contributed by atoms with Crippen LogP contribution in [0.5, 0.6) is 0 Å². The standard InChI is InChI=1S/C10H17NO3/c1-6(10(13)14)8-3-4-9(5-8)11-7(2)12/h6,8-9H,3-5H2,1-2H3,(H,11,12)(H,13,14). The summed E-state index contributed by atoms with van der Waals surface area (Å²) >= 11 is 0. The molecule has 0 bridgehead atoms. The van der Waals surface area contributed by atoms with Gasteiger partial charge in [0.1, 0.15) is 0 Å². The molecule has 3 atom stereocenters. The average molecular weight is 199 g/mol. The van der Waals surface area contributed by atoms with E-state index in [1.165, 1.54) is 6.92 Å².